The number of hydrogen-bond acceptors (Lipinski definition) is 3. The minimum absolute atomic E-state index is 0.0966. The Morgan fingerprint density at radius 2 is 1.65 bits per heavy atom. The van der Waals surface area contributed by atoms with Gasteiger partial charge in [-0.1, -0.05) is 53.7 Å². The van der Waals surface area contributed by atoms with Crippen LogP contribution in [-0.2, 0) is 0 Å². The second-order valence-corrected chi connectivity index (χ2v) is 17.3. The fourth-order valence-electron chi connectivity index (χ4n) is 12.8. The van der Waals surface area contributed by atoms with Gasteiger partial charge in [0.25, 0.3) is 0 Å². The average molecular weight is 551 g/mol. The fraction of sp³-hybridized carbons (Fsp3) is 0.892. The van der Waals surface area contributed by atoms with Gasteiger partial charge in [-0.05, 0) is 148 Å². The van der Waals surface area contributed by atoms with E-state index in [1.165, 1.54) is 89.4 Å². The van der Waals surface area contributed by atoms with Gasteiger partial charge < -0.3 is 15.3 Å². The minimum atomic E-state index is -0.0966. The molecule has 40 heavy (non-hydrogen) atoms. The molecule has 0 bridgehead atoms. The fourth-order valence-corrected chi connectivity index (χ4v) is 12.8. The van der Waals surface area contributed by atoms with Crippen molar-refractivity contribution in [1.82, 2.24) is 10.2 Å². The van der Waals surface area contributed by atoms with E-state index in [0.29, 0.717) is 39.4 Å². The molecule has 5 aliphatic carbocycles. The second kappa shape index (κ2) is 9.87. The zero-order chi connectivity index (χ0) is 28.7. The van der Waals surface area contributed by atoms with Crippen LogP contribution in [0.5, 0.6) is 0 Å². The van der Waals surface area contributed by atoms with Crippen molar-refractivity contribution in [2.75, 3.05) is 26.2 Å². The molecule has 0 unspecified atom stereocenters. The van der Waals surface area contributed by atoms with E-state index in [-0.39, 0.29) is 5.41 Å². The molecule has 5 fully saturated rings. The van der Waals surface area contributed by atoms with Crippen LogP contribution in [0.15, 0.2) is 24.0 Å². The van der Waals surface area contributed by atoms with Gasteiger partial charge in [-0.3, -0.25) is 0 Å². The molecule has 3 nitrogen and oxygen atoms in total. The van der Waals surface area contributed by atoms with Crippen molar-refractivity contribution < 1.29 is 5.11 Å². The third kappa shape index (κ3) is 4.09. The van der Waals surface area contributed by atoms with Crippen LogP contribution in [0.3, 0.4) is 0 Å². The summed E-state index contributed by atoms with van der Waals surface area (Å²) in [6, 6.07) is 0. The largest absolute Gasteiger partial charge is 0.512 e. The first-order valence-corrected chi connectivity index (χ1v) is 17.3. The van der Waals surface area contributed by atoms with Gasteiger partial charge in [0, 0.05) is 24.0 Å². The molecule has 3 heteroatoms. The normalized spacial score (nSPS) is 48.9. The number of aliphatic hydroxyl groups excluding tert-OH is 1. The summed E-state index contributed by atoms with van der Waals surface area (Å²) in [5.74, 6) is 5.09. The van der Waals surface area contributed by atoms with Gasteiger partial charge in [-0.15, -0.1) is 0 Å². The second-order valence-electron chi connectivity index (χ2n) is 17.3. The van der Waals surface area contributed by atoms with E-state index in [2.05, 4.69) is 71.3 Å². The maximum absolute atomic E-state index is 10.9. The Morgan fingerprint density at radius 1 is 0.925 bits per heavy atom. The van der Waals surface area contributed by atoms with E-state index < -0.39 is 0 Å². The Labute approximate surface area is 247 Å². The van der Waals surface area contributed by atoms with Gasteiger partial charge in [-0.2, -0.15) is 0 Å². The number of allylic oxidation sites excluding steroid dienone is 3. The first-order chi connectivity index (χ1) is 18.8. The number of piperidine rings is 1. The highest BCUT2D eigenvalue weighted by molar-refractivity contribution is 5.25. The van der Waals surface area contributed by atoms with Crippen LogP contribution in [0.4, 0.5) is 0 Å². The summed E-state index contributed by atoms with van der Waals surface area (Å²) in [6.07, 6.45) is 16.8. The summed E-state index contributed by atoms with van der Waals surface area (Å²) < 4.78 is 0. The highest BCUT2D eigenvalue weighted by Crippen LogP contribution is 2.76. The summed E-state index contributed by atoms with van der Waals surface area (Å²) in [5, 5.41) is 15.2. The third-order valence-electron chi connectivity index (χ3n) is 15.4. The first kappa shape index (κ1) is 29.3. The van der Waals surface area contributed by atoms with Crippen molar-refractivity contribution in [2.45, 2.75) is 125 Å². The summed E-state index contributed by atoms with van der Waals surface area (Å²) in [7, 11) is 0. The molecule has 1 saturated heterocycles. The number of fused-ring (bicyclic) bond motifs is 7. The van der Waals surface area contributed by atoms with Crippen LogP contribution in [0.1, 0.15) is 119 Å². The Bertz CT molecular complexity index is 1020. The van der Waals surface area contributed by atoms with Crippen LogP contribution in [0.2, 0.25) is 0 Å². The van der Waals surface area contributed by atoms with E-state index in [1.807, 2.05) is 0 Å². The third-order valence-corrected chi connectivity index (χ3v) is 15.4. The van der Waals surface area contributed by atoms with Crippen LogP contribution in [0, 0.1) is 57.2 Å². The van der Waals surface area contributed by atoms with Gasteiger partial charge in [0.2, 0.25) is 0 Å². The van der Waals surface area contributed by atoms with Gasteiger partial charge in [0.05, 0.1) is 5.76 Å². The smallest absolute Gasteiger partial charge is 0.0942 e. The minimum Gasteiger partial charge on any atom is -0.512 e. The van der Waals surface area contributed by atoms with Gasteiger partial charge >= 0.3 is 0 Å². The molecule has 1 aliphatic heterocycles. The number of rotatable bonds is 5. The predicted molar refractivity (Wildman–Crippen MR) is 168 cm³/mol. The summed E-state index contributed by atoms with van der Waals surface area (Å²) in [5.41, 5.74) is 2.70. The molecule has 0 amide bonds. The van der Waals surface area contributed by atoms with Crippen LogP contribution < -0.4 is 5.32 Å². The topological polar surface area (TPSA) is 35.5 Å². The average Bonchev–Trinajstić information content (AvgIpc) is 3.28. The lowest BCUT2D eigenvalue weighted by Crippen LogP contribution is -2.68. The molecule has 4 saturated carbocycles. The van der Waals surface area contributed by atoms with Gasteiger partial charge in [0.15, 0.2) is 0 Å². The maximum atomic E-state index is 10.9. The Morgan fingerprint density at radius 3 is 2.35 bits per heavy atom. The zero-order valence-corrected chi connectivity index (χ0v) is 27.2. The summed E-state index contributed by atoms with van der Waals surface area (Å²) in [6.45, 7) is 27.1. The molecular formula is C37H62N2O. The van der Waals surface area contributed by atoms with Crippen LogP contribution in [-0.4, -0.2) is 41.7 Å². The van der Waals surface area contributed by atoms with E-state index in [0.717, 1.165) is 36.6 Å². The lowest BCUT2D eigenvalue weighted by molar-refractivity contribution is -0.223. The van der Waals surface area contributed by atoms with Crippen molar-refractivity contribution in [1.29, 1.82) is 0 Å². The first-order valence-electron chi connectivity index (χ1n) is 17.3. The number of nitrogens with one attached hydrogen (secondary N) is 1. The van der Waals surface area contributed by atoms with Crippen molar-refractivity contribution >= 4 is 0 Å². The molecule has 6 rings (SSSR count). The summed E-state index contributed by atoms with van der Waals surface area (Å²) >= 11 is 0. The lowest BCUT2D eigenvalue weighted by atomic mass is 9.33. The van der Waals surface area contributed by atoms with Crippen molar-refractivity contribution in [2.24, 2.45) is 57.2 Å². The van der Waals surface area contributed by atoms with Gasteiger partial charge in [-0.25, -0.2) is 0 Å². The van der Waals surface area contributed by atoms with Crippen LogP contribution >= 0.6 is 0 Å². The standard InChI is InChI=1S/C37H62N2O/c1-25(2)27-11-18-37(38-21-24-39-22-14-26(3)15-23-39)20-19-35(7)28(32(27)37)9-10-30-34(6)16-13-31(40)33(4,5)29(34)12-17-36(30,35)8/h13,26-30,32,38,40H,1,9-12,14-24H2,2-8H3/t27-,28+,29-,30+,32+,34-,35+,36+,37-/m0/s1. The molecule has 0 radical (unpaired) electrons. The van der Waals surface area contributed by atoms with Crippen molar-refractivity contribution in [3.63, 3.8) is 0 Å². The molecule has 0 aromatic heterocycles. The maximum Gasteiger partial charge on any atom is 0.0942 e. The molecule has 6 aliphatic rings. The van der Waals surface area contributed by atoms with Crippen LogP contribution in [0.25, 0.3) is 0 Å². The molecule has 0 aromatic rings. The Kier molecular flexibility index (Phi) is 7.22. The highest BCUT2D eigenvalue weighted by atomic mass is 16.3. The number of likely N-dealkylation sites (tertiary alicyclic amines) is 1. The molecule has 2 N–H and O–H groups in total. The molecule has 1 heterocycles. The SMILES string of the molecule is C=C(C)[C@@H]1CC[C@]2(NCCN3CCC(C)CC3)CC[C@]3(C)[C@H](CC[C@@H]4[C@@]5(C)CC=C(O)C(C)(C)[C@@H]5CC[C@]43C)[C@@H]12. The van der Waals surface area contributed by atoms with Crippen molar-refractivity contribution in [3.8, 4) is 0 Å². The Hall–Kier alpha value is -0.800. The molecular weight excluding hydrogens is 488 g/mol. The zero-order valence-electron chi connectivity index (χ0n) is 27.2. The number of hydrogen-bond donors (Lipinski definition) is 2. The molecule has 226 valence electrons. The number of aliphatic hydroxyl groups is 1. The van der Waals surface area contributed by atoms with E-state index in [4.69, 9.17) is 0 Å². The quantitative estimate of drug-likeness (QED) is 0.336. The summed E-state index contributed by atoms with van der Waals surface area (Å²) in [4.78, 5) is 2.72. The monoisotopic (exact) mass is 550 g/mol. The van der Waals surface area contributed by atoms with E-state index >= 15 is 0 Å². The molecule has 9 atom stereocenters. The predicted octanol–water partition coefficient (Wildman–Crippen LogP) is 8.77. The number of nitrogens with zero attached hydrogens (tertiary/aromatic N) is 1. The highest BCUT2D eigenvalue weighted by Gasteiger charge is 2.70. The van der Waals surface area contributed by atoms with E-state index in [1.54, 1.807) is 0 Å². The molecule has 0 aromatic carbocycles. The van der Waals surface area contributed by atoms with Gasteiger partial charge in [0.1, 0.15) is 0 Å². The lowest BCUT2D eigenvalue weighted by Gasteiger charge is -2.72. The van der Waals surface area contributed by atoms with E-state index in [9.17, 15) is 5.11 Å². The Balaban J connectivity index is 1.27. The molecule has 0 spiro atoms. The van der Waals surface area contributed by atoms with Crippen molar-refractivity contribution in [3.05, 3.63) is 24.0 Å².